The summed E-state index contributed by atoms with van der Waals surface area (Å²) in [5.41, 5.74) is 2.84. The van der Waals surface area contributed by atoms with E-state index in [0.29, 0.717) is 42.2 Å². The summed E-state index contributed by atoms with van der Waals surface area (Å²) in [6, 6.07) is 10.0. The van der Waals surface area contributed by atoms with Crippen LogP contribution in [0.2, 0.25) is 0 Å². The van der Waals surface area contributed by atoms with E-state index in [1.165, 1.54) is 4.90 Å². The quantitative estimate of drug-likeness (QED) is 0.292. The molecule has 1 atom stereocenters. The van der Waals surface area contributed by atoms with Gasteiger partial charge in [0.25, 0.3) is 11.7 Å². The number of ether oxygens (including phenoxy) is 3. The second kappa shape index (κ2) is 9.87. The van der Waals surface area contributed by atoms with Crippen LogP contribution in [0.3, 0.4) is 0 Å². The Hall–Kier alpha value is -3.32. The van der Waals surface area contributed by atoms with Crippen LogP contribution >= 0.6 is 0 Å². The van der Waals surface area contributed by atoms with Gasteiger partial charge in [-0.3, -0.25) is 9.59 Å². The van der Waals surface area contributed by atoms with Gasteiger partial charge in [0.1, 0.15) is 17.3 Å². The molecule has 0 saturated carbocycles. The van der Waals surface area contributed by atoms with Crippen LogP contribution in [0.1, 0.15) is 34.7 Å². The number of ketones is 1. The van der Waals surface area contributed by atoms with Crippen molar-refractivity contribution in [2.75, 3.05) is 34.5 Å². The zero-order valence-corrected chi connectivity index (χ0v) is 19.1. The number of hydrogen-bond acceptors (Lipinski definition) is 6. The van der Waals surface area contributed by atoms with E-state index in [9.17, 15) is 14.7 Å². The molecule has 3 rings (SSSR count). The van der Waals surface area contributed by atoms with Crippen LogP contribution in [-0.2, 0) is 14.3 Å². The van der Waals surface area contributed by atoms with Crippen molar-refractivity contribution in [2.24, 2.45) is 0 Å². The maximum Gasteiger partial charge on any atom is 0.295 e. The fourth-order valence-corrected chi connectivity index (χ4v) is 4.03. The first-order valence-corrected chi connectivity index (χ1v) is 10.4. The lowest BCUT2D eigenvalue weighted by Gasteiger charge is -2.25. The number of rotatable bonds is 8. The largest absolute Gasteiger partial charge is 0.507 e. The fourth-order valence-electron chi connectivity index (χ4n) is 4.03. The number of aryl methyl sites for hydroxylation is 2. The highest BCUT2D eigenvalue weighted by Crippen LogP contribution is 2.41. The van der Waals surface area contributed by atoms with Gasteiger partial charge in [-0.1, -0.05) is 12.1 Å². The summed E-state index contributed by atoms with van der Waals surface area (Å²) in [5.74, 6) is -0.181. The lowest BCUT2D eigenvalue weighted by atomic mass is 9.93. The summed E-state index contributed by atoms with van der Waals surface area (Å²) >= 11 is 0. The number of methoxy groups -OCH3 is 3. The third-order valence-corrected chi connectivity index (χ3v) is 5.72. The molecule has 1 fully saturated rings. The first-order chi connectivity index (χ1) is 15.3. The van der Waals surface area contributed by atoms with Gasteiger partial charge in [-0.25, -0.2) is 0 Å². The van der Waals surface area contributed by atoms with Crippen molar-refractivity contribution < 1.29 is 28.9 Å². The Labute approximate surface area is 188 Å². The number of likely N-dealkylation sites (tertiary alicyclic amines) is 1. The molecule has 170 valence electrons. The average Bonchev–Trinajstić information content (AvgIpc) is 3.05. The first kappa shape index (κ1) is 23.3. The number of aliphatic hydroxyl groups excluding tert-OH is 1. The van der Waals surface area contributed by atoms with Crippen LogP contribution in [-0.4, -0.2) is 56.2 Å². The van der Waals surface area contributed by atoms with Crippen molar-refractivity contribution in [3.05, 3.63) is 64.2 Å². The minimum Gasteiger partial charge on any atom is -0.507 e. The van der Waals surface area contributed by atoms with E-state index in [1.54, 1.807) is 57.7 Å². The molecule has 1 heterocycles. The van der Waals surface area contributed by atoms with Gasteiger partial charge in [-0.15, -0.1) is 0 Å². The van der Waals surface area contributed by atoms with Gasteiger partial charge in [0, 0.05) is 25.8 Å². The van der Waals surface area contributed by atoms with Crippen LogP contribution in [0.15, 0.2) is 42.0 Å². The van der Waals surface area contributed by atoms with Gasteiger partial charge in [0.05, 0.1) is 25.8 Å². The molecule has 0 aliphatic carbocycles. The van der Waals surface area contributed by atoms with Crippen LogP contribution in [0.25, 0.3) is 5.76 Å². The van der Waals surface area contributed by atoms with Crippen molar-refractivity contribution in [1.29, 1.82) is 0 Å². The van der Waals surface area contributed by atoms with Gasteiger partial charge in [-0.2, -0.15) is 0 Å². The van der Waals surface area contributed by atoms with Gasteiger partial charge in [0.2, 0.25) is 0 Å². The van der Waals surface area contributed by atoms with Gasteiger partial charge < -0.3 is 24.2 Å². The number of carbonyl (C=O) groups is 2. The number of carbonyl (C=O) groups excluding carboxylic acids is 2. The Morgan fingerprint density at radius 2 is 1.69 bits per heavy atom. The summed E-state index contributed by atoms with van der Waals surface area (Å²) in [7, 11) is 4.74. The minimum absolute atomic E-state index is 0.0743. The van der Waals surface area contributed by atoms with E-state index in [2.05, 4.69) is 0 Å². The number of hydrogen-bond donors (Lipinski definition) is 1. The Kier molecular flexibility index (Phi) is 7.20. The summed E-state index contributed by atoms with van der Waals surface area (Å²) in [6.07, 6.45) is 0.566. The number of amides is 1. The lowest BCUT2D eigenvalue weighted by molar-refractivity contribution is -0.140. The molecule has 0 aromatic heterocycles. The second-order valence-electron chi connectivity index (χ2n) is 7.75. The molecule has 2 aromatic carbocycles. The zero-order valence-electron chi connectivity index (χ0n) is 19.1. The smallest absolute Gasteiger partial charge is 0.295 e. The van der Waals surface area contributed by atoms with Crippen molar-refractivity contribution in [3.8, 4) is 11.5 Å². The number of nitrogens with zero attached hydrogens (tertiary/aromatic N) is 1. The van der Waals surface area contributed by atoms with E-state index < -0.39 is 17.7 Å². The predicted octanol–water partition coefficient (Wildman–Crippen LogP) is 3.78. The molecule has 0 spiro atoms. The Morgan fingerprint density at radius 1 is 1.00 bits per heavy atom. The van der Waals surface area contributed by atoms with E-state index in [0.717, 1.165) is 11.1 Å². The number of aliphatic hydroxyl groups is 1. The standard InChI is InChI=1S/C25H29NO6/c1-15-14-20(32-5)16(2)13-19(15)23(27)21-22(17-7-9-18(31-4)10-8-17)26(11-6-12-30-3)25(29)24(21)28/h7-10,13-14,22,27H,6,11-12H2,1-5H3/b23-21+. The van der Waals surface area contributed by atoms with E-state index in [1.807, 2.05) is 13.8 Å². The molecular weight excluding hydrogens is 410 g/mol. The highest BCUT2D eigenvalue weighted by Gasteiger charge is 2.45. The van der Waals surface area contributed by atoms with Gasteiger partial charge in [-0.05, 0) is 61.2 Å². The maximum absolute atomic E-state index is 13.1. The maximum atomic E-state index is 13.1. The zero-order chi connectivity index (χ0) is 23.4. The van der Waals surface area contributed by atoms with Crippen LogP contribution in [0, 0.1) is 13.8 Å². The average molecular weight is 440 g/mol. The van der Waals surface area contributed by atoms with Gasteiger partial charge >= 0.3 is 0 Å². The second-order valence-corrected chi connectivity index (χ2v) is 7.75. The van der Waals surface area contributed by atoms with Crippen molar-refractivity contribution in [1.82, 2.24) is 4.90 Å². The molecule has 2 aromatic rings. The van der Waals surface area contributed by atoms with Crippen molar-refractivity contribution in [2.45, 2.75) is 26.3 Å². The third kappa shape index (κ3) is 4.34. The number of benzene rings is 2. The number of Topliss-reactive ketones (excluding diaryl/α,β-unsaturated/α-hetero) is 1. The van der Waals surface area contributed by atoms with Crippen molar-refractivity contribution in [3.63, 3.8) is 0 Å². The van der Waals surface area contributed by atoms with Gasteiger partial charge in [0.15, 0.2) is 0 Å². The molecule has 1 unspecified atom stereocenters. The van der Waals surface area contributed by atoms with E-state index >= 15 is 0 Å². The van der Waals surface area contributed by atoms with E-state index in [4.69, 9.17) is 14.2 Å². The lowest BCUT2D eigenvalue weighted by Crippen LogP contribution is -2.31. The molecule has 0 bridgehead atoms. The highest BCUT2D eigenvalue weighted by atomic mass is 16.5. The molecule has 7 nitrogen and oxygen atoms in total. The monoisotopic (exact) mass is 439 g/mol. The molecular formula is C25H29NO6. The topological polar surface area (TPSA) is 85.3 Å². The minimum atomic E-state index is -0.709. The molecule has 1 aliphatic heterocycles. The van der Waals surface area contributed by atoms with Crippen molar-refractivity contribution >= 4 is 17.4 Å². The Morgan fingerprint density at radius 3 is 2.28 bits per heavy atom. The molecule has 1 amide bonds. The molecule has 1 aliphatic rings. The normalized spacial score (nSPS) is 17.7. The summed E-state index contributed by atoms with van der Waals surface area (Å²) < 4.78 is 15.7. The summed E-state index contributed by atoms with van der Waals surface area (Å²) in [5, 5.41) is 11.3. The fraction of sp³-hybridized carbons (Fsp3) is 0.360. The molecule has 7 heteroatoms. The summed E-state index contributed by atoms with van der Waals surface area (Å²) in [4.78, 5) is 27.6. The van der Waals surface area contributed by atoms with Crippen LogP contribution in [0.5, 0.6) is 11.5 Å². The molecule has 0 radical (unpaired) electrons. The SMILES string of the molecule is COCCCN1C(=O)C(=O)/C(=C(/O)c2cc(C)c(OC)cc2C)C1c1ccc(OC)cc1. The molecule has 1 N–H and O–H groups in total. The highest BCUT2D eigenvalue weighted by molar-refractivity contribution is 6.46. The molecule has 32 heavy (non-hydrogen) atoms. The predicted molar refractivity (Wildman–Crippen MR) is 121 cm³/mol. The Bertz CT molecular complexity index is 1040. The third-order valence-electron chi connectivity index (χ3n) is 5.72. The first-order valence-electron chi connectivity index (χ1n) is 10.4. The van der Waals surface area contributed by atoms with Crippen LogP contribution < -0.4 is 9.47 Å². The Balaban J connectivity index is 2.16. The van der Waals surface area contributed by atoms with E-state index in [-0.39, 0.29) is 11.3 Å². The van der Waals surface area contributed by atoms with Crippen LogP contribution in [0.4, 0.5) is 0 Å². The molecule has 1 saturated heterocycles. The summed E-state index contributed by atoms with van der Waals surface area (Å²) in [6.45, 7) is 4.47.